The van der Waals surface area contributed by atoms with Crippen molar-refractivity contribution in [2.24, 2.45) is 0 Å². The normalized spacial score (nSPS) is 12.1. The maximum atomic E-state index is 14.3. The molecular formula is C28H31FN2O2. The predicted molar refractivity (Wildman–Crippen MR) is 129 cm³/mol. The largest absolute Gasteiger partial charge is 0.350 e. The zero-order chi connectivity index (χ0) is 23.8. The summed E-state index contributed by atoms with van der Waals surface area (Å²) in [5.41, 5.74) is 1.71. The minimum atomic E-state index is -0.744. The molecule has 172 valence electrons. The van der Waals surface area contributed by atoms with E-state index in [9.17, 15) is 14.0 Å². The maximum Gasteiger partial charge on any atom is 0.243 e. The molecule has 0 fully saturated rings. The highest BCUT2D eigenvalue weighted by molar-refractivity contribution is 5.89. The fourth-order valence-corrected chi connectivity index (χ4v) is 3.69. The van der Waals surface area contributed by atoms with Crippen LogP contribution in [0, 0.1) is 5.82 Å². The lowest BCUT2D eigenvalue weighted by Crippen LogP contribution is -2.54. The Morgan fingerprint density at radius 2 is 1.39 bits per heavy atom. The summed E-state index contributed by atoms with van der Waals surface area (Å²) in [7, 11) is 0. The van der Waals surface area contributed by atoms with Crippen molar-refractivity contribution >= 4 is 11.8 Å². The summed E-state index contributed by atoms with van der Waals surface area (Å²) in [5, 5.41) is 3.03. The number of nitrogens with one attached hydrogen (secondary N) is 1. The number of hydrogen-bond acceptors (Lipinski definition) is 2. The highest BCUT2D eigenvalue weighted by atomic mass is 19.1. The quantitative estimate of drug-likeness (QED) is 0.534. The molecule has 0 aliphatic carbocycles. The number of rotatable bonds is 8. The lowest BCUT2D eigenvalue weighted by Gasteiger charge is -2.34. The minimum Gasteiger partial charge on any atom is -0.350 e. The third-order valence-corrected chi connectivity index (χ3v) is 5.26. The molecule has 1 N–H and O–H groups in total. The fourth-order valence-electron chi connectivity index (χ4n) is 3.69. The third-order valence-electron chi connectivity index (χ3n) is 5.26. The van der Waals surface area contributed by atoms with Crippen molar-refractivity contribution in [2.45, 2.75) is 51.7 Å². The van der Waals surface area contributed by atoms with Gasteiger partial charge in [0.25, 0.3) is 0 Å². The molecule has 3 aromatic rings. The Labute approximate surface area is 195 Å². The molecular weight excluding hydrogens is 415 g/mol. The van der Waals surface area contributed by atoms with Crippen LogP contribution in [-0.2, 0) is 29.0 Å². The second-order valence-electron chi connectivity index (χ2n) is 9.22. The van der Waals surface area contributed by atoms with Crippen LogP contribution in [0.25, 0.3) is 0 Å². The van der Waals surface area contributed by atoms with Crippen LogP contribution in [0.15, 0.2) is 84.9 Å². The number of amides is 2. The third kappa shape index (κ3) is 7.28. The summed E-state index contributed by atoms with van der Waals surface area (Å²) < 4.78 is 14.3. The van der Waals surface area contributed by atoms with Crippen LogP contribution in [0.3, 0.4) is 0 Å². The lowest BCUT2D eigenvalue weighted by atomic mass is 9.99. The van der Waals surface area contributed by atoms with Crippen LogP contribution >= 0.6 is 0 Å². The van der Waals surface area contributed by atoms with E-state index in [1.165, 1.54) is 6.07 Å². The summed E-state index contributed by atoms with van der Waals surface area (Å²) in [6.07, 6.45) is 0.242. The standard InChI is InChI=1S/C28H31FN2O2/c1-28(2,3)30-27(33)25(18-21-12-6-4-7-13-21)31(20-22-14-8-5-9-15-22)26(32)19-23-16-10-11-17-24(23)29/h4-17,25H,18-20H2,1-3H3,(H,30,33)/t25-/m1/s1. The average Bonchev–Trinajstić information content (AvgIpc) is 2.78. The van der Waals surface area contributed by atoms with Crippen molar-refractivity contribution < 1.29 is 14.0 Å². The number of halogens is 1. The molecule has 33 heavy (non-hydrogen) atoms. The van der Waals surface area contributed by atoms with Crippen molar-refractivity contribution in [3.63, 3.8) is 0 Å². The maximum absolute atomic E-state index is 14.3. The Hall–Kier alpha value is -3.47. The van der Waals surface area contributed by atoms with Gasteiger partial charge in [-0.25, -0.2) is 4.39 Å². The van der Waals surface area contributed by atoms with Gasteiger partial charge in [-0.3, -0.25) is 9.59 Å². The van der Waals surface area contributed by atoms with E-state index in [0.29, 0.717) is 12.0 Å². The van der Waals surface area contributed by atoms with Crippen molar-refractivity contribution in [1.82, 2.24) is 10.2 Å². The van der Waals surface area contributed by atoms with Crippen molar-refractivity contribution in [3.05, 3.63) is 107 Å². The molecule has 0 saturated carbocycles. The van der Waals surface area contributed by atoms with Gasteiger partial charge in [0.05, 0.1) is 6.42 Å². The van der Waals surface area contributed by atoms with Gasteiger partial charge in [-0.2, -0.15) is 0 Å². The molecule has 1 atom stereocenters. The van der Waals surface area contributed by atoms with Crippen molar-refractivity contribution in [1.29, 1.82) is 0 Å². The van der Waals surface area contributed by atoms with Crippen molar-refractivity contribution in [2.75, 3.05) is 0 Å². The summed E-state index contributed by atoms with van der Waals surface area (Å²) in [5.74, 6) is -0.956. The van der Waals surface area contributed by atoms with Crippen LogP contribution in [0.4, 0.5) is 4.39 Å². The van der Waals surface area contributed by atoms with E-state index in [1.54, 1.807) is 23.1 Å². The molecule has 0 spiro atoms. The van der Waals surface area contributed by atoms with Gasteiger partial charge in [-0.15, -0.1) is 0 Å². The number of benzene rings is 3. The van der Waals surface area contributed by atoms with Gasteiger partial charge in [0.2, 0.25) is 11.8 Å². The molecule has 0 aliphatic heterocycles. The topological polar surface area (TPSA) is 49.4 Å². The Morgan fingerprint density at radius 1 is 0.848 bits per heavy atom. The first kappa shape index (κ1) is 24.2. The molecule has 0 saturated heterocycles. The average molecular weight is 447 g/mol. The van der Waals surface area contributed by atoms with E-state index >= 15 is 0 Å². The molecule has 0 unspecified atom stereocenters. The van der Waals surface area contributed by atoms with Gasteiger partial charge < -0.3 is 10.2 Å². The number of hydrogen-bond donors (Lipinski definition) is 1. The van der Waals surface area contributed by atoms with Gasteiger partial charge in [0, 0.05) is 18.5 Å². The van der Waals surface area contributed by atoms with Crippen molar-refractivity contribution in [3.8, 4) is 0 Å². The first-order valence-electron chi connectivity index (χ1n) is 11.2. The fraction of sp³-hybridized carbons (Fsp3) is 0.286. The molecule has 4 nitrogen and oxygen atoms in total. The first-order valence-corrected chi connectivity index (χ1v) is 11.2. The number of nitrogens with zero attached hydrogens (tertiary/aromatic N) is 1. The molecule has 0 bridgehead atoms. The molecule has 0 heterocycles. The van der Waals surface area contributed by atoms with E-state index < -0.39 is 17.4 Å². The predicted octanol–water partition coefficient (Wildman–Crippen LogP) is 4.92. The van der Waals surface area contributed by atoms with E-state index in [0.717, 1.165) is 11.1 Å². The highest BCUT2D eigenvalue weighted by Gasteiger charge is 2.32. The minimum absolute atomic E-state index is 0.117. The van der Waals surface area contributed by atoms with Crippen LogP contribution in [-0.4, -0.2) is 28.3 Å². The summed E-state index contributed by atoms with van der Waals surface area (Å²) in [6.45, 7) is 5.98. The Bertz CT molecular complexity index is 1060. The van der Waals surface area contributed by atoms with Crippen LogP contribution in [0.5, 0.6) is 0 Å². The SMILES string of the molecule is CC(C)(C)NC(=O)[C@@H](Cc1ccccc1)N(Cc1ccccc1)C(=O)Cc1ccccc1F. The summed E-state index contributed by atoms with van der Waals surface area (Å²) in [4.78, 5) is 28.6. The molecule has 3 rings (SSSR count). The molecule has 0 aromatic heterocycles. The second-order valence-corrected chi connectivity index (χ2v) is 9.22. The van der Waals surface area contributed by atoms with E-state index in [4.69, 9.17) is 0 Å². The van der Waals surface area contributed by atoms with E-state index in [2.05, 4.69) is 5.32 Å². The monoisotopic (exact) mass is 446 g/mol. The van der Waals surface area contributed by atoms with Gasteiger partial charge in [-0.05, 0) is 43.5 Å². The van der Waals surface area contributed by atoms with Gasteiger partial charge in [0.1, 0.15) is 11.9 Å². The first-order chi connectivity index (χ1) is 15.7. The van der Waals surface area contributed by atoms with E-state index in [1.807, 2.05) is 81.4 Å². The molecule has 0 aliphatic rings. The smallest absolute Gasteiger partial charge is 0.243 e. The summed E-state index contributed by atoms with van der Waals surface area (Å²) >= 11 is 0. The zero-order valence-electron chi connectivity index (χ0n) is 19.4. The van der Waals surface area contributed by atoms with Gasteiger partial charge in [0.15, 0.2) is 0 Å². The van der Waals surface area contributed by atoms with Gasteiger partial charge in [-0.1, -0.05) is 78.9 Å². The Morgan fingerprint density at radius 3 is 1.97 bits per heavy atom. The molecule has 2 amide bonds. The van der Waals surface area contributed by atoms with Gasteiger partial charge >= 0.3 is 0 Å². The molecule has 3 aromatic carbocycles. The number of carbonyl (C=O) groups is 2. The molecule has 5 heteroatoms. The Balaban J connectivity index is 1.98. The molecule has 0 radical (unpaired) electrons. The van der Waals surface area contributed by atoms with Crippen LogP contribution < -0.4 is 5.32 Å². The van der Waals surface area contributed by atoms with E-state index in [-0.39, 0.29) is 24.8 Å². The Kier molecular flexibility index (Phi) is 7.99. The zero-order valence-corrected chi connectivity index (χ0v) is 19.4. The number of carbonyl (C=O) groups excluding carboxylic acids is 2. The van der Waals surface area contributed by atoms with Crippen LogP contribution in [0.1, 0.15) is 37.5 Å². The second kappa shape index (κ2) is 10.9. The summed E-state index contributed by atoms with van der Waals surface area (Å²) in [6, 6.07) is 24.7. The highest BCUT2D eigenvalue weighted by Crippen LogP contribution is 2.18. The lowest BCUT2D eigenvalue weighted by molar-refractivity contribution is -0.141. The van der Waals surface area contributed by atoms with Crippen LogP contribution in [0.2, 0.25) is 0 Å².